The van der Waals surface area contributed by atoms with Crippen molar-refractivity contribution in [1.29, 1.82) is 0 Å². The van der Waals surface area contributed by atoms with Crippen LogP contribution in [0.15, 0.2) is 64.6 Å². The van der Waals surface area contributed by atoms with E-state index < -0.39 is 9.84 Å². The summed E-state index contributed by atoms with van der Waals surface area (Å²) >= 11 is 0. The summed E-state index contributed by atoms with van der Waals surface area (Å²) in [5.41, 5.74) is 12.8. The molecular formula is C23H31N5O4S. The third-order valence-corrected chi connectivity index (χ3v) is 7.06. The van der Waals surface area contributed by atoms with Crippen LogP contribution in [-0.2, 0) is 22.8 Å². The van der Waals surface area contributed by atoms with Crippen molar-refractivity contribution < 1.29 is 17.9 Å². The second kappa shape index (κ2) is 11.1. The van der Waals surface area contributed by atoms with Crippen molar-refractivity contribution in [3.05, 3.63) is 70.8 Å². The second-order valence-electron chi connectivity index (χ2n) is 7.68. The van der Waals surface area contributed by atoms with Gasteiger partial charge in [-0.2, -0.15) is 0 Å². The van der Waals surface area contributed by atoms with Gasteiger partial charge in [0.05, 0.1) is 32.7 Å². The Kier molecular flexibility index (Phi) is 8.18. The van der Waals surface area contributed by atoms with Gasteiger partial charge in [-0.05, 0) is 41.5 Å². The van der Waals surface area contributed by atoms with E-state index in [1.807, 2.05) is 48.5 Å². The lowest BCUT2D eigenvalue weighted by Gasteiger charge is -2.36. The molecule has 9 nitrogen and oxygen atoms in total. The van der Waals surface area contributed by atoms with Crippen LogP contribution in [-0.4, -0.2) is 58.5 Å². The van der Waals surface area contributed by atoms with Crippen LogP contribution in [0, 0.1) is 0 Å². The molecular weight excluding hydrogens is 442 g/mol. The Balaban J connectivity index is 1.80. The number of methoxy groups -OCH3 is 2. The number of aliphatic imine (C=N–C) groups is 1. The normalized spacial score (nSPS) is 16.4. The van der Waals surface area contributed by atoms with Crippen molar-refractivity contribution >= 4 is 15.8 Å². The van der Waals surface area contributed by atoms with Crippen molar-refractivity contribution in [1.82, 2.24) is 10.2 Å². The first-order chi connectivity index (χ1) is 15.8. The molecule has 0 aliphatic carbocycles. The first-order valence-corrected chi connectivity index (χ1v) is 12.2. The van der Waals surface area contributed by atoms with E-state index in [-0.39, 0.29) is 29.5 Å². The van der Waals surface area contributed by atoms with E-state index in [0.717, 1.165) is 22.6 Å². The molecule has 1 aliphatic rings. The molecule has 178 valence electrons. The van der Waals surface area contributed by atoms with Gasteiger partial charge in [-0.3, -0.25) is 9.89 Å². The number of sulfone groups is 1. The number of hydrogen-bond acceptors (Lipinski definition) is 7. The Morgan fingerprint density at radius 2 is 1.61 bits per heavy atom. The Labute approximate surface area is 195 Å². The molecule has 1 unspecified atom stereocenters. The minimum atomic E-state index is -3.55. The lowest BCUT2D eigenvalue weighted by Crippen LogP contribution is -2.51. The first-order valence-electron chi connectivity index (χ1n) is 10.6. The topological polar surface area (TPSA) is 132 Å². The highest BCUT2D eigenvalue weighted by atomic mass is 32.2. The van der Waals surface area contributed by atoms with E-state index in [1.165, 1.54) is 0 Å². The zero-order valence-corrected chi connectivity index (χ0v) is 19.7. The molecule has 0 saturated carbocycles. The van der Waals surface area contributed by atoms with Crippen LogP contribution in [0.2, 0.25) is 0 Å². The van der Waals surface area contributed by atoms with Crippen LogP contribution in [0.5, 0.6) is 11.5 Å². The molecule has 5 N–H and O–H groups in total. The average Bonchev–Trinajstić information content (AvgIpc) is 2.80. The molecule has 1 aliphatic heterocycles. The predicted octanol–water partition coefficient (Wildman–Crippen LogP) is 1.21. The Morgan fingerprint density at radius 1 is 1.03 bits per heavy atom. The van der Waals surface area contributed by atoms with Gasteiger partial charge in [-0.15, -0.1) is 0 Å². The van der Waals surface area contributed by atoms with Gasteiger partial charge in [0.2, 0.25) is 0 Å². The van der Waals surface area contributed by atoms with Crippen LogP contribution in [0.4, 0.5) is 0 Å². The Bertz CT molecular complexity index is 1080. The lowest BCUT2D eigenvalue weighted by atomic mass is 10.1. The van der Waals surface area contributed by atoms with Gasteiger partial charge in [0.25, 0.3) is 0 Å². The first kappa shape index (κ1) is 24.4. The van der Waals surface area contributed by atoms with E-state index in [4.69, 9.17) is 20.9 Å². The zero-order chi connectivity index (χ0) is 23.8. The third kappa shape index (κ3) is 6.87. The van der Waals surface area contributed by atoms with Crippen LogP contribution in [0.25, 0.3) is 0 Å². The molecule has 1 heterocycles. The Morgan fingerprint density at radius 3 is 2.15 bits per heavy atom. The van der Waals surface area contributed by atoms with Gasteiger partial charge in [0, 0.05) is 19.5 Å². The standard InChI is InChI=1S/C23H31N5O4S/c1-31-19-7-3-17(4-8-19)15-21-27-22(33(29,30)14-12-26-23(24)25)11-13-28(21)16-18-5-9-20(32-2)10-6-18/h3-11,21,27H,12-16H2,1-2H3,(H4,24,25,26). The molecule has 0 aromatic heterocycles. The minimum Gasteiger partial charge on any atom is -0.497 e. The van der Waals surface area contributed by atoms with Gasteiger partial charge in [0.1, 0.15) is 16.5 Å². The van der Waals surface area contributed by atoms with Gasteiger partial charge < -0.3 is 26.3 Å². The number of rotatable bonds is 10. The van der Waals surface area contributed by atoms with E-state index >= 15 is 0 Å². The molecule has 0 radical (unpaired) electrons. The van der Waals surface area contributed by atoms with Gasteiger partial charge in [-0.25, -0.2) is 8.42 Å². The quantitative estimate of drug-likeness (QED) is 0.346. The fourth-order valence-corrected chi connectivity index (χ4v) is 4.76. The number of nitrogens with one attached hydrogen (secondary N) is 1. The lowest BCUT2D eigenvalue weighted by molar-refractivity contribution is 0.174. The van der Waals surface area contributed by atoms with Crippen LogP contribution >= 0.6 is 0 Å². The number of guanidine groups is 1. The summed E-state index contributed by atoms with van der Waals surface area (Å²) in [7, 11) is -0.295. The molecule has 3 rings (SSSR count). The van der Waals surface area contributed by atoms with Crippen LogP contribution < -0.4 is 26.3 Å². The molecule has 0 fully saturated rings. The number of benzene rings is 2. The van der Waals surface area contributed by atoms with Gasteiger partial charge in [-0.1, -0.05) is 24.3 Å². The molecule has 0 amide bonds. The molecule has 2 aromatic rings. The maximum absolute atomic E-state index is 12.9. The second-order valence-corrected chi connectivity index (χ2v) is 9.76. The van der Waals surface area contributed by atoms with Crippen molar-refractivity contribution in [2.45, 2.75) is 19.1 Å². The summed E-state index contributed by atoms with van der Waals surface area (Å²) in [6.07, 6.45) is 2.10. The fraction of sp³-hybridized carbons (Fsp3) is 0.348. The number of nitrogens with two attached hydrogens (primary N) is 2. The molecule has 1 atom stereocenters. The monoisotopic (exact) mass is 473 g/mol. The summed E-state index contributed by atoms with van der Waals surface area (Å²) < 4.78 is 36.2. The van der Waals surface area contributed by atoms with Crippen LogP contribution in [0.3, 0.4) is 0 Å². The maximum atomic E-state index is 12.9. The van der Waals surface area contributed by atoms with E-state index in [1.54, 1.807) is 20.3 Å². The summed E-state index contributed by atoms with van der Waals surface area (Å²) in [4.78, 5) is 5.99. The smallest absolute Gasteiger partial charge is 0.194 e. The molecule has 0 spiro atoms. The zero-order valence-electron chi connectivity index (χ0n) is 18.9. The highest BCUT2D eigenvalue weighted by Gasteiger charge is 2.29. The third-order valence-electron chi connectivity index (χ3n) is 5.38. The highest BCUT2D eigenvalue weighted by molar-refractivity contribution is 7.95. The molecule has 2 aromatic carbocycles. The van der Waals surface area contributed by atoms with Crippen LogP contribution in [0.1, 0.15) is 11.1 Å². The number of hydrogen-bond donors (Lipinski definition) is 3. The molecule has 0 saturated heterocycles. The SMILES string of the molecule is COc1ccc(CC2NC(S(=O)(=O)CCN=C(N)N)=CCN2Cc2ccc(OC)cc2)cc1. The average molecular weight is 474 g/mol. The Hall–Kier alpha value is -3.24. The van der Waals surface area contributed by atoms with Gasteiger partial charge in [0.15, 0.2) is 15.8 Å². The van der Waals surface area contributed by atoms with Gasteiger partial charge >= 0.3 is 0 Å². The van der Waals surface area contributed by atoms with E-state index in [0.29, 0.717) is 19.5 Å². The minimum absolute atomic E-state index is 0.0163. The molecule has 10 heteroatoms. The molecule has 33 heavy (non-hydrogen) atoms. The number of ether oxygens (including phenoxy) is 2. The summed E-state index contributed by atoms with van der Waals surface area (Å²) in [6.45, 7) is 1.15. The van der Waals surface area contributed by atoms with E-state index in [2.05, 4.69) is 15.2 Å². The van der Waals surface area contributed by atoms with E-state index in [9.17, 15) is 8.42 Å². The highest BCUT2D eigenvalue weighted by Crippen LogP contribution is 2.21. The van der Waals surface area contributed by atoms with Crippen molar-refractivity contribution in [3.63, 3.8) is 0 Å². The summed E-state index contributed by atoms with van der Waals surface area (Å²) in [5.74, 6) is 1.27. The number of nitrogens with zero attached hydrogens (tertiary/aromatic N) is 2. The predicted molar refractivity (Wildman–Crippen MR) is 130 cm³/mol. The van der Waals surface area contributed by atoms with Crippen molar-refractivity contribution in [2.75, 3.05) is 33.1 Å². The summed E-state index contributed by atoms with van der Waals surface area (Å²) in [6, 6.07) is 15.6. The van der Waals surface area contributed by atoms with Crippen molar-refractivity contribution in [2.24, 2.45) is 16.5 Å². The van der Waals surface area contributed by atoms with Crippen molar-refractivity contribution in [3.8, 4) is 11.5 Å². The maximum Gasteiger partial charge on any atom is 0.194 e. The largest absolute Gasteiger partial charge is 0.497 e. The summed E-state index contributed by atoms with van der Waals surface area (Å²) in [5, 5.41) is 3.44. The fourth-order valence-electron chi connectivity index (χ4n) is 3.57. The molecule has 0 bridgehead atoms.